The molecule has 0 saturated heterocycles. The Kier molecular flexibility index (Phi) is 8.10. The molecule has 0 spiro atoms. The molecule has 0 bridgehead atoms. The molecule has 176 valence electrons. The van der Waals surface area contributed by atoms with E-state index in [9.17, 15) is 19.2 Å². The van der Waals surface area contributed by atoms with Crippen LogP contribution < -0.4 is 10.6 Å². The monoisotopic (exact) mass is 481 g/mol. The van der Waals surface area contributed by atoms with Crippen molar-refractivity contribution >= 4 is 45.8 Å². The van der Waals surface area contributed by atoms with Gasteiger partial charge in [-0.05, 0) is 62.7 Å². The van der Waals surface area contributed by atoms with Crippen LogP contribution in [0.4, 0.5) is 10.7 Å². The molecule has 0 aliphatic carbocycles. The van der Waals surface area contributed by atoms with E-state index in [0.717, 1.165) is 10.4 Å². The van der Waals surface area contributed by atoms with Gasteiger partial charge in [0.1, 0.15) is 10.7 Å². The second-order valence-electron chi connectivity index (χ2n) is 7.08. The third-order valence-corrected chi connectivity index (χ3v) is 5.85. The lowest BCUT2D eigenvalue weighted by Crippen LogP contribution is -2.21. The summed E-state index contributed by atoms with van der Waals surface area (Å²) in [5.41, 5.74) is 1.97. The van der Waals surface area contributed by atoms with Gasteiger partial charge < -0.3 is 20.1 Å². The Morgan fingerprint density at radius 3 is 2.32 bits per heavy atom. The molecule has 0 fully saturated rings. The van der Waals surface area contributed by atoms with E-state index in [1.807, 2.05) is 6.92 Å². The average molecular weight is 482 g/mol. The highest BCUT2D eigenvalue weighted by Crippen LogP contribution is 2.33. The van der Waals surface area contributed by atoms with Crippen LogP contribution in [0.5, 0.6) is 0 Å². The van der Waals surface area contributed by atoms with E-state index < -0.39 is 24.5 Å². The van der Waals surface area contributed by atoms with Crippen molar-refractivity contribution in [2.75, 3.05) is 23.8 Å². The Balaban J connectivity index is 1.56. The number of nitrogens with zero attached hydrogens (tertiary/aromatic N) is 1. The van der Waals surface area contributed by atoms with Crippen molar-refractivity contribution in [1.29, 1.82) is 0 Å². The second kappa shape index (κ2) is 11.2. The SMILES string of the molecule is CCOC(=O)c1c(NC(=O)COC(=O)c2ccc(NC(=O)c3ccccn3)cc2)sc(C)c1C. The van der Waals surface area contributed by atoms with Gasteiger partial charge in [-0.25, -0.2) is 9.59 Å². The lowest BCUT2D eigenvalue weighted by atomic mass is 10.1. The lowest BCUT2D eigenvalue weighted by molar-refractivity contribution is -0.119. The van der Waals surface area contributed by atoms with Crippen LogP contribution >= 0.6 is 11.3 Å². The maximum atomic E-state index is 12.3. The third-order valence-electron chi connectivity index (χ3n) is 4.73. The number of hydrogen-bond acceptors (Lipinski definition) is 8. The smallest absolute Gasteiger partial charge is 0.341 e. The van der Waals surface area contributed by atoms with Gasteiger partial charge in [0.25, 0.3) is 11.8 Å². The fourth-order valence-electron chi connectivity index (χ4n) is 2.92. The van der Waals surface area contributed by atoms with Crippen molar-refractivity contribution in [3.8, 4) is 0 Å². The van der Waals surface area contributed by atoms with Gasteiger partial charge >= 0.3 is 11.9 Å². The van der Waals surface area contributed by atoms with Crippen LogP contribution in [-0.4, -0.2) is 42.0 Å². The van der Waals surface area contributed by atoms with Crippen molar-refractivity contribution in [1.82, 2.24) is 4.98 Å². The number of rotatable bonds is 8. The molecule has 0 saturated carbocycles. The number of aromatic nitrogens is 1. The molecule has 3 aromatic rings. The van der Waals surface area contributed by atoms with E-state index in [1.54, 1.807) is 44.2 Å². The molecule has 0 unspecified atom stereocenters. The van der Waals surface area contributed by atoms with Gasteiger partial charge in [0.05, 0.1) is 17.7 Å². The Morgan fingerprint density at radius 2 is 1.68 bits per heavy atom. The summed E-state index contributed by atoms with van der Waals surface area (Å²) < 4.78 is 10.1. The molecular weight excluding hydrogens is 458 g/mol. The normalized spacial score (nSPS) is 10.3. The Morgan fingerprint density at radius 1 is 0.941 bits per heavy atom. The molecule has 9 nitrogen and oxygen atoms in total. The number of thiophene rings is 1. The van der Waals surface area contributed by atoms with Gasteiger partial charge in [-0.3, -0.25) is 14.6 Å². The summed E-state index contributed by atoms with van der Waals surface area (Å²) in [6.45, 7) is 4.99. The zero-order chi connectivity index (χ0) is 24.7. The van der Waals surface area contributed by atoms with Crippen molar-refractivity contribution in [3.63, 3.8) is 0 Å². The summed E-state index contributed by atoms with van der Waals surface area (Å²) in [5, 5.41) is 5.64. The predicted octanol–water partition coefficient (Wildman–Crippen LogP) is 3.98. The van der Waals surface area contributed by atoms with E-state index in [2.05, 4.69) is 15.6 Å². The van der Waals surface area contributed by atoms with Crippen LogP contribution in [0.2, 0.25) is 0 Å². The number of hydrogen-bond donors (Lipinski definition) is 2. The zero-order valence-electron chi connectivity index (χ0n) is 18.8. The van der Waals surface area contributed by atoms with Crippen LogP contribution in [0.15, 0.2) is 48.7 Å². The number of carbonyl (C=O) groups excluding carboxylic acids is 4. The fourth-order valence-corrected chi connectivity index (χ4v) is 3.99. The summed E-state index contributed by atoms with van der Waals surface area (Å²) in [4.78, 5) is 53.8. The minimum absolute atomic E-state index is 0.207. The molecular formula is C24H23N3O6S. The zero-order valence-corrected chi connectivity index (χ0v) is 19.7. The maximum absolute atomic E-state index is 12.3. The number of anilines is 2. The summed E-state index contributed by atoms with van der Waals surface area (Å²) in [7, 11) is 0. The lowest BCUT2D eigenvalue weighted by Gasteiger charge is -2.09. The Bertz CT molecular complexity index is 1210. The second-order valence-corrected chi connectivity index (χ2v) is 8.30. The van der Waals surface area contributed by atoms with Gasteiger partial charge in [-0.15, -0.1) is 11.3 Å². The van der Waals surface area contributed by atoms with E-state index >= 15 is 0 Å². The summed E-state index contributed by atoms with van der Waals surface area (Å²) in [6, 6.07) is 11.0. The molecule has 0 atom stereocenters. The van der Waals surface area contributed by atoms with Crippen molar-refractivity contribution in [3.05, 3.63) is 75.9 Å². The highest BCUT2D eigenvalue weighted by Gasteiger charge is 2.22. The number of carbonyl (C=O) groups is 4. The third kappa shape index (κ3) is 6.04. The highest BCUT2D eigenvalue weighted by atomic mass is 32.1. The van der Waals surface area contributed by atoms with Gasteiger partial charge in [-0.2, -0.15) is 0 Å². The Hall–Kier alpha value is -4.05. The number of amides is 2. The first-order valence-electron chi connectivity index (χ1n) is 10.4. The molecule has 1 aromatic carbocycles. The quantitative estimate of drug-likeness (QED) is 0.466. The first-order chi connectivity index (χ1) is 16.3. The van der Waals surface area contributed by atoms with Crippen molar-refractivity contribution < 1.29 is 28.7 Å². The number of nitrogens with one attached hydrogen (secondary N) is 2. The molecule has 0 aliphatic heterocycles. The number of benzene rings is 1. The largest absolute Gasteiger partial charge is 0.462 e. The molecule has 2 N–H and O–H groups in total. The predicted molar refractivity (Wildman–Crippen MR) is 127 cm³/mol. The number of aryl methyl sites for hydroxylation is 1. The molecule has 34 heavy (non-hydrogen) atoms. The topological polar surface area (TPSA) is 124 Å². The van der Waals surface area contributed by atoms with E-state index in [4.69, 9.17) is 9.47 Å². The van der Waals surface area contributed by atoms with Crippen LogP contribution in [0.3, 0.4) is 0 Å². The van der Waals surface area contributed by atoms with Gasteiger partial charge in [0, 0.05) is 16.8 Å². The molecule has 2 amide bonds. The molecule has 2 heterocycles. The van der Waals surface area contributed by atoms with Crippen LogP contribution in [0, 0.1) is 13.8 Å². The van der Waals surface area contributed by atoms with Crippen LogP contribution in [-0.2, 0) is 14.3 Å². The van der Waals surface area contributed by atoms with Crippen molar-refractivity contribution in [2.24, 2.45) is 0 Å². The highest BCUT2D eigenvalue weighted by molar-refractivity contribution is 7.16. The van der Waals surface area contributed by atoms with Gasteiger partial charge in [-0.1, -0.05) is 6.07 Å². The van der Waals surface area contributed by atoms with Crippen LogP contribution in [0.25, 0.3) is 0 Å². The molecule has 3 rings (SSSR count). The Labute approximate surface area is 200 Å². The molecule has 10 heteroatoms. The van der Waals surface area contributed by atoms with Gasteiger partial charge in [0.2, 0.25) is 0 Å². The molecule has 0 radical (unpaired) electrons. The van der Waals surface area contributed by atoms with Crippen molar-refractivity contribution in [2.45, 2.75) is 20.8 Å². The number of esters is 2. The summed E-state index contributed by atoms with van der Waals surface area (Å²) in [6.07, 6.45) is 1.52. The first-order valence-corrected chi connectivity index (χ1v) is 11.2. The van der Waals surface area contributed by atoms with E-state index in [-0.39, 0.29) is 23.8 Å². The van der Waals surface area contributed by atoms with Crippen LogP contribution in [0.1, 0.15) is 48.6 Å². The molecule has 0 aliphatic rings. The van der Waals surface area contributed by atoms with E-state index in [1.165, 1.54) is 29.7 Å². The minimum atomic E-state index is -0.707. The van der Waals surface area contributed by atoms with Gasteiger partial charge in [0.15, 0.2) is 6.61 Å². The first kappa shape index (κ1) is 24.6. The standard InChI is InChI=1S/C24H23N3O6S/c1-4-32-24(31)20-14(2)15(3)34-22(20)27-19(28)13-33-23(30)16-8-10-17(11-9-16)26-21(29)18-7-5-6-12-25-18/h5-12H,4,13H2,1-3H3,(H,26,29)(H,27,28). The van der Waals surface area contributed by atoms with E-state index in [0.29, 0.717) is 16.3 Å². The number of ether oxygens (including phenoxy) is 2. The maximum Gasteiger partial charge on any atom is 0.341 e. The summed E-state index contributed by atoms with van der Waals surface area (Å²) >= 11 is 1.25. The number of pyridine rings is 1. The summed E-state index contributed by atoms with van der Waals surface area (Å²) in [5.74, 6) is -2.19. The molecule has 2 aromatic heterocycles. The average Bonchev–Trinajstić information content (AvgIpc) is 3.11. The fraction of sp³-hybridized carbons (Fsp3) is 0.208. The minimum Gasteiger partial charge on any atom is -0.462 e.